The van der Waals surface area contributed by atoms with Crippen molar-refractivity contribution in [1.82, 2.24) is 15.0 Å². The molecule has 10 heteroatoms. The number of nitrogens with two attached hydrogens (primary N) is 1. The average Bonchev–Trinajstić information content (AvgIpc) is 2.87. The molecule has 4 heterocycles. The van der Waals surface area contributed by atoms with Gasteiger partial charge in [0.25, 0.3) is 0 Å². The average molecular weight is 523 g/mol. The third kappa shape index (κ3) is 4.80. The van der Waals surface area contributed by atoms with Gasteiger partial charge in [0.1, 0.15) is 11.3 Å². The highest BCUT2D eigenvalue weighted by Crippen LogP contribution is 2.37. The number of carbonyl (C=O) groups is 1. The molecule has 1 fully saturated rings. The maximum Gasteiger partial charge on any atom is 0.163 e. The summed E-state index contributed by atoms with van der Waals surface area (Å²) in [6.07, 6.45) is 5.34. The van der Waals surface area contributed by atoms with Gasteiger partial charge in [0.05, 0.1) is 44.4 Å². The van der Waals surface area contributed by atoms with E-state index in [1.54, 1.807) is 30.6 Å². The minimum Gasteiger partial charge on any atom is -0.505 e. The lowest BCUT2D eigenvalue weighted by Gasteiger charge is -2.31. The topological polar surface area (TPSA) is 117 Å². The number of phenolic OH excluding ortho intramolecular Hbond substituents is 1. The van der Waals surface area contributed by atoms with Crippen molar-refractivity contribution >= 4 is 57.2 Å². The maximum absolute atomic E-state index is 12.5. The molecule has 0 aliphatic carbocycles. The van der Waals surface area contributed by atoms with E-state index in [0.717, 1.165) is 31.7 Å². The maximum atomic E-state index is 12.5. The molecule has 0 unspecified atom stereocenters. The van der Waals surface area contributed by atoms with Crippen LogP contribution in [0.5, 0.6) is 5.75 Å². The van der Waals surface area contributed by atoms with Crippen molar-refractivity contribution in [2.75, 3.05) is 23.3 Å². The van der Waals surface area contributed by atoms with Crippen molar-refractivity contribution in [3.05, 3.63) is 64.4 Å². The standard InChI is InChI=1S/C26H24Cl2N6O2/c1-14(35)18-12-30-22-6-5-21(15-9-19(27)26(36)20(28)10-15)33-25(22)24(18)32-17-4-7-23(31-11-17)34-8-2-3-16(29)13-34/h4-7,9-12,16,36H,2-3,8,13,29H2,1H3,(H,30,32)/t16-/m0/s1. The molecule has 3 aromatic heterocycles. The van der Waals surface area contributed by atoms with Crippen LogP contribution in [-0.4, -0.2) is 45.0 Å². The van der Waals surface area contributed by atoms with Crippen LogP contribution in [0.25, 0.3) is 22.3 Å². The van der Waals surface area contributed by atoms with Gasteiger partial charge in [-0.1, -0.05) is 23.2 Å². The second-order valence-electron chi connectivity index (χ2n) is 8.83. The number of carbonyl (C=O) groups excluding carboxylic acids is 1. The summed E-state index contributed by atoms with van der Waals surface area (Å²) in [6.45, 7) is 3.19. The molecule has 36 heavy (non-hydrogen) atoms. The molecule has 0 spiro atoms. The molecule has 1 aromatic carbocycles. The second-order valence-corrected chi connectivity index (χ2v) is 9.65. The Morgan fingerprint density at radius 3 is 2.58 bits per heavy atom. The molecule has 1 aliphatic heterocycles. The Balaban J connectivity index is 1.54. The summed E-state index contributed by atoms with van der Waals surface area (Å²) < 4.78 is 0. The number of hydrogen-bond acceptors (Lipinski definition) is 8. The van der Waals surface area contributed by atoms with Gasteiger partial charge >= 0.3 is 0 Å². The van der Waals surface area contributed by atoms with Crippen LogP contribution >= 0.6 is 23.2 Å². The van der Waals surface area contributed by atoms with Crippen LogP contribution in [0.1, 0.15) is 30.1 Å². The van der Waals surface area contributed by atoms with E-state index in [-0.39, 0.29) is 27.6 Å². The Morgan fingerprint density at radius 1 is 1.14 bits per heavy atom. The lowest BCUT2D eigenvalue weighted by atomic mass is 10.1. The number of aromatic hydroxyl groups is 1. The Labute approximate surface area is 218 Å². The lowest BCUT2D eigenvalue weighted by Crippen LogP contribution is -2.43. The van der Waals surface area contributed by atoms with Crippen molar-refractivity contribution in [2.24, 2.45) is 5.73 Å². The fourth-order valence-electron chi connectivity index (χ4n) is 4.34. The van der Waals surface area contributed by atoms with E-state index in [4.69, 9.17) is 33.9 Å². The highest BCUT2D eigenvalue weighted by molar-refractivity contribution is 6.37. The monoisotopic (exact) mass is 522 g/mol. The summed E-state index contributed by atoms with van der Waals surface area (Å²) >= 11 is 12.2. The first-order chi connectivity index (χ1) is 17.3. The van der Waals surface area contributed by atoms with Crippen molar-refractivity contribution in [3.63, 3.8) is 0 Å². The molecule has 5 rings (SSSR count). The predicted octanol–water partition coefficient (Wildman–Crippen LogP) is 5.58. The van der Waals surface area contributed by atoms with Gasteiger partial charge in [0.2, 0.25) is 0 Å². The SMILES string of the molecule is CC(=O)c1cnc2ccc(-c3cc(Cl)c(O)c(Cl)c3)nc2c1Nc1ccc(N2CCC[C@H](N)C2)nc1. The van der Waals surface area contributed by atoms with Gasteiger partial charge in [-0.2, -0.15) is 0 Å². The van der Waals surface area contributed by atoms with Gasteiger partial charge in [-0.3, -0.25) is 9.78 Å². The number of anilines is 3. The predicted molar refractivity (Wildman–Crippen MR) is 144 cm³/mol. The van der Waals surface area contributed by atoms with Crippen molar-refractivity contribution in [1.29, 1.82) is 0 Å². The van der Waals surface area contributed by atoms with E-state index < -0.39 is 0 Å². The van der Waals surface area contributed by atoms with Gasteiger partial charge in [0, 0.05) is 30.9 Å². The molecule has 0 radical (unpaired) electrons. The quantitative estimate of drug-likeness (QED) is 0.291. The highest BCUT2D eigenvalue weighted by atomic mass is 35.5. The second kappa shape index (κ2) is 9.89. The zero-order valence-corrected chi connectivity index (χ0v) is 21.0. The van der Waals surface area contributed by atoms with E-state index >= 15 is 0 Å². The van der Waals surface area contributed by atoms with Crippen LogP contribution in [0.15, 0.2) is 48.8 Å². The number of pyridine rings is 3. The molecule has 0 bridgehead atoms. The number of piperidine rings is 1. The first kappa shape index (κ1) is 24.2. The van der Waals surface area contributed by atoms with Crippen LogP contribution in [-0.2, 0) is 0 Å². The van der Waals surface area contributed by atoms with Crippen molar-refractivity contribution < 1.29 is 9.90 Å². The number of halogens is 2. The normalized spacial score (nSPS) is 15.8. The number of nitrogens with zero attached hydrogens (tertiary/aromatic N) is 4. The van der Waals surface area contributed by atoms with Gasteiger partial charge in [-0.15, -0.1) is 0 Å². The molecular weight excluding hydrogens is 499 g/mol. The van der Waals surface area contributed by atoms with Gasteiger partial charge in [-0.25, -0.2) is 9.97 Å². The third-order valence-corrected chi connectivity index (χ3v) is 6.78. The Bertz CT molecular complexity index is 1440. The summed E-state index contributed by atoms with van der Waals surface area (Å²) in [7, 11) is 0. The van der Waals surface area contributed by atoms with Crippen LogP contribution in [0.4, 0.5) is 17.2 Å². The van der Waals surface area contributed by atoms with E-state index in [2.05, 4.69) is 20.2 Å². The smallest absolute Gasteiger partial charge is 0.163 e. The number of nitrogens with one attached hydrogen (secondary N) is 1. The van der Waals surface area contributed by atoms with Crippen LogP contribution in [0.2, 0.25) is 10.0 Å². The zero-order chi connectivity index (χ0) is 25.4. The summed E-state index contributed by atoms with van der Waals surface area (Å²) in [6, 6.07) is 10.8. The highest BCUT2D eigenvalue weighted by Gasteiger charge is 2.19. The van der Waals surface area contributed by atoms with Crippen LogP contribution in [0, 0.1) is 0 Å². The molecule has 1 aliphatic rings. The zero-order valence-electron chi connectivity index (χ0n) is 19.5. The van der Waals surface area contributed by atoms with Gasteiger partial charge < -0.3 is 21.1 Å². The summed E-state index contributed by atoms with van der Waals surface area (Å²) in [4.78, 5) is 28.5. The number of benzene rings is 1. The summed E-state index contributed by atoms with van der Waals surface area (Å²) in [5, 5.41) is 13.5. The third-order valence-electron chi connectivity index (χ3n) is 6.20. The molecule has 184 valence electrons. The van der Waals surface area contributed by atoms with Gasteiger partial charge in [0.15, 0.2) is 11.5 Å². The minimum atomic E-state index is -0.187. The summed E-state index contributed by atoms with van der Waals surface area (Å²) in [5.74, 6) is 0.526. The van der Waals surface area contributed by atoms with E-state index in [1.165, 1.54) is 6.92 Å². The number of ketones is 1. The number of fused-ring (bicyclic) bond motifs is 1. The van der Waals surface area contributed by atoms with Crippen LogP contribution < -0.4 is 16.0 Å². The molecule has 1 saturated heterocycles. The Hall–Kier alpha value is -3.46. The molecule has 8 nitrogen and oxygen atoms in total. The number of rotatable bonds is 5. The van der Waals surface area contributed by atoms with E-state index in [1.807, 2.05) is 18.2 Å². The fraction of sp³-hybridized carbons (Fsp3) is 0.231. The number of aromatic nitrogens is 3. The van der Waals surface area contributed by atoms with Gasteiger partial charge in [-0.05, 0) is 56.2 Å². The fourth-order valence-corrected chi connectivity index (χ4v) is 4.83. The first-order valence-electron chi connectivity index (χ1n) is 11.5. The van der Waals surface area contributed by atoms with Crippen molar-refractivity contribution in [2.45, 2.75) is 25.8 Å². The number of hydrogen-bond donors (Lipinski definition) is 3. The first-order valence-corrected chi connectivity index (χ1v) is 12.3. The lowest BCUT2D eigenvalue weighted by molar-refractivity contribution is 0.101. The molecular formula is C26H24Cl2N6O2. The Morgan fingerprint density at radius 2 is 1.92 bits per heavy atom. The van der Waals surface area contributed by atoms with Crippen LogP contribution in [0.3, 0.4) is 0 Å². The molecule has 1 atom stereocenters. The molecule has 4 aromatic rings. The minimum absolute atomic E-state index is 0.120. The molecule has 4 N–H and O–H groups in total. The van der Waals surface area contributed by atoms with E-state index in [9.17, 15) is 9.90 Å². The van der Waals surface area contributed by atoms with E-state index in [0.29, 0.717) is 39.2 Å². The molecule has 0 saturated carbocycles. The van der Waals surface area contributed by atoms with Crippen molar-refractivity contribution in [3.8, 4) is 17.0 Å². The number of phenols is 1. The largest absolute Gasteiger partial charge is 0.505 e. The molecule has 0 amide bonds. The number of Topliss-reactive ketones (excluding diaryl/α,β-unsaturated/α-hetero) is 1. The summed E-state index contributed by atoms with van der Waals surface area (Å²) in [5.41, 5.74) is 10.0. The Kier molecular flexibility index (Phi) is 6.66.